The maximum atomic E-state index is 7.71. The van der Waals surface area contributed by atoms with Crippen molar-refractivity contribution in [1.29, 1.82) is 5.41 Å². The van der Waals surface area contributed by atoms with E-state index < -0.39 is 0 Å². The minimum Gasteiger partial charge on any atom is -0.457 e. The van der Waals surface area contributed by atoms with Gasteiger partial charge in [-0.2, -0.15) is 0 Å². The number of benzene rings is 2. The third-order valence-corrected chi connectivity index (χ3v) is 5.34. The van der Waals surface area contributed by atoms with Crippen LogP contribution in [0.5, 0.6) is 11.5 Å². The summed E-state index contributed by atoms with van der Waals surface area (Å²) in [5.41, 5.74) is 23.0. The molecule has 1 aliphatic heterocycles. The van der Waals surface area contributed by atoms with Crippen LogP contribution in [-0.2, 0) is 26.1 Å². The van der Waals surface area contributed by atoms with Gasteiger partial charge in [0.1, 0.15) is 23.1 Å². The van der Waals surface area contributed by atoms with Gasteiger partial charge in [0.2, 0.25) is 0 Å². The highest BCUT2D eigenvalue weighted by Gasteiger charge is 2.15. The third kappa shape index (κ3) is 4.81. The van der Waals surface area contributed by atoms with Gasteiger partial charge in [0, 0.05) is 44.0 Å². The van der Waals surface area contributed by atoms with Crippen molar-refractivity contribution >= 4 is 23.5 Å². The molecule has 0 spiro atoms. The summed E-state index contributed by atoms with van der Waals surface area (Å²) in [7, 11) is 0. The summed E-state index contributed by atoms with van der Waals surface area (Å²) < 4.78 is 6.16. The van der Waals surface area contributed by atoms with Crippen molar-refractivity contribution in [3.05, 3.63) is 82.6 Å². The molecule has 2 heterocycles. The van der Waals surface area contributed by atoms with E-state index in [0.717, 1.165) is 41.3 Å². The number of pyridine rings is 1. The summed E-state index contributed by atoms with van der Waals surface area (Å²) in [5, 5.41) is 14.3. The molecule has 9 N–H and O–H groups in total. The first-order valence-corrected chi connectivity index (χ1v) is 10.3. The monoisotopic (exact) mass is 429 g/mol. The Kier molecular flexibility index (Phi) is 6.23. The highest BCUT2D eigenvalue weighted by molar-refractivity contribution is 5.78. The van der Waals surface area contributed by atoms with Crippen LogP contribution in [0.15, 0.2) is 60.3 Å². The predicted octanol–water partition coefficient (Wildman–Crippen LogP) is 3.09. The van der Waals surface area contributed by atoms with E-state index in [0.29, 0.717) is 24.5 Å². The zero-order chi connectivity index (χ0) is 22.5. The standard InChI is InChI=1S/C24H27N7O/c25-10-16(7-18-9-22(26)31-24(28)23(18)27)12-29-11-15-3-1-5-19(8-15)32-21-6-2-4-17-13-30-14-20(17)21/h1-6,8-10,12,25,29-30H,7,11,13-14,27H2,(H4,26,28,31)/b16-12-,25-10?. The summed E-state index contributed by atoms with van der Waals surface area (Å²) in [4.78, 5) is 3.95. The number of ether oxygens (including phenoxy) is 1. The second-order valence-corrected chi connectivity index (χ2v) is 7.67. The zero-order valence-corrected chi connectivity index (χ0v) is 17.7. The molecule has 1 aliphatic rings. The predicted molar refractivity (Wildman–Crippen MR) is 128 cm³/mol. The molecule has 0 radical (unpaired) electrons. The quantitative estimate of drug-likeness (QED) is 0.301. The van der Waals surface area contributed by atoms with Crippen molar-refractivity contribution in [3.8, 4) is 11.5 Å². The lowest BCUT2D eigenvalue weighted by Crippen LogP contribution is -2.10. The topological polar surface area (TPSA) is 148 Å². The summed E-state index contributed by atoms with van der Waals surface area (Å²) >= 11 is 0. The minimum absolute atomic E-state index is 0.203. The number of hydrogen-bond acceptors (Lipinski definition) is 8. The SMILES string of the molecule is N=C/C(=C\NCc1cccc(Oc2cccc3c2CNC3)c1)Cc1cc(N)nc(N)c1N. The van der Waals surface area contributed by atoms with Crippen molar-refractivity contribution in [2.24, 2.45) is 0 Å². The second-order valence-electron chi connectivity index (χ2n) is 7.67. The lowest BCUT2D eigenvalue weighted by Gasteiger charge is -2.12. The molecule has 0 amide bonds. The number of fused-ring (bicyclic) bond motifs is 1. The van der Waals surface area contributed by atoms with E-state index in [1.807, 2.05) is 36.4 Å². The van der Waals surface area contributed by atoms with E-state index in [2.05, 4.69) is 21.7 Å². The van der Waals surface area contributed by atoms with Gasteiger partial charge >= 0.3 is 0 Å². The van der Waals surface area contributed by atoms with E-state index in [-0.39, 0.29) is 5.82 Å². The Morgan fingerprint density at radius 1 is 1.12 bits per heavy atom. The molecule has 8 nitrogen and oxygen atoms in total. The first-order chi connectivity index (χ1) is 15.5. The van der Waals surface area contributed by atoms with Crippen molar-refractivity contribution in [2.45, 2.75) is 26.1 Å². The summed E-state index contributed by atoms with van der Waals surface area (Å²) in [6.45, 7) is 2.28. The number of nitrogens with zero attached hydrogens (tertiary/aromatic N) is 1. The number of nitrogens with one attached hydrogen (secondary N) is 3. The fourth-order valence-corrected chi connectivity index (χ4v) is 3.70. The largest absolute Gasteiger partial charge is 0.457 e. The lowest BCUT2D eigenvalue weighted by atomic mass is 10.1. The van der Waals surface area contributed by atoms with Crippen molar-refractivity contribution in [3.63, 3.8) is 0 Å². The molecule has 2 aromatic carbocycles. The van der Waals surface area contributed by atoms with Gasteiger partial charge in [-0.15, -0.1) is 0 Å². The van der Waals surface area contributed by atoms with Crippen LogP contribution in [0.3, 0.4) is 0 Å². The number of allylic oxidation sites excluding steroid dienone is 1. The molecule has 0 fully saturated rings. The van der Waals surface area contributed by atoms with Gasteiger partial charge in [-0.3, -0.25) is 0 Å². The molecule has 164 valence electrons. The first kappa shape index (κ1) is 21.2. The Labute approximate surface area is 187 Å². The van der Waals surface area contributed by atoms with Crippen LogP contribution in [0.25, 0.3) is 0 Å². The highest BCUT2D eigenvalue weighted by Crippen LogP contribution is 2.30. The number of rotatable bonds is 8. The molecule has 0 atom stereocenters. The summed E-state index contributed by atoms with van der Waals surface area (Å²) in [6.07, 6.45) is 3.50. The maximum Gasteiger partial charge on any atom is 0.149 e. The van der Waals surface area contributed by atoms with E-state index in [1.54, 1.807) is 12.3 Å². The normalized spacial score (nSPS) is 12.9. The van der Waals surface area contributed by atoms with Crippen molar-refractivity contribution in [2.75, 3.05) is 17.2 Å². The van der Waals surface area contributed by atoms with E-state index in [1.165, 1.54) is 17.3 Å². The zero-order valence-electron chi connectivity index (χ0n) is 17.7. The average Bonchev–Trinajstić information content (AvgIpc) is 3.26. The number of nitrogens with two attached hydrogens (primary N) is 3. The number of aromatic nitrogens is 1. The fourth-order valence-electron chi connectivity index (χ4n) is 3.70. The lowest BCUT2D eigenvalue weighted by molar-refractivity contribution is 0.475. The molecule has 0 saturated heterocycles. The van der Waals surface area contributed by atoms with Crippen LogP contribution in [-0.4, -0.2) is 11.2 Å². The molecule has 32 heavy (non-hydrogen) atoms. The Hall–Kier alpha value is -4.04. The molecule has 1 aromatic heterocycles. The molecule has 8 heteroatoms. The van der Waals surface area contributed by atoms with Crippen LogP contribution in [0, 0.1) is 5.41 Å². The first-order valence-electron chi connectivity index (χ1n) is 10.3. The van der Waals surface area contributed by atoms with Crippen LogP contribution >= 0.6 is 0 Å². The molecule has 0 unspecified atom stereocenters. The van der Waals surface area contributed by atoms with Crippen LogP contribution in [0.2, 0.25) is 0 Å². The van der Waals surface area contributed by atoms with Gasteiger partial charge in [-0.1, -0.05) is 24.3 Å². The van der Waals surface area contributed by atoms with Crippen LogP contribution < -0.4 is 32.6 Å². The van der Waals surface area contributed by atoms with Gasteiger partial charge in [-0.05, 0) is 46.5 Å². The minimum atomic E-state index is 0.203. The molecular weight excluding hydrogens is 402 g/mol. The number of hydrogen-bond donors (Lipinski definition) is 6. The molecule has 3 aromatic rings. The van der Waals surface area contributed by atoms with Crippen molar-refractivity contribution in [1.82, 2.24) is 15.6 Å². The van der Waals surface area contributed by atoms with Gasteiger partial charge in [0.05, 0.1) is 5.69 Å². The fraction of sp³-hybridized carbons (Fsp3) is 0.167. The average molecular weight is 430 g/mol. The third-order valence-electron chi connectivity index (χ3n) is 5.34. The summed E-state index contributed by atoms with van der Waals surface area (Å²) in [6, 6.07) is 15.8. The van der Waals surface area contributed by atoms with E-state index >= 15 is 0 Å². The number of nitrogen functional groups attached to an aromatic ring is 3. The van der Waals surface area contributed by atoms with Gasteiger partial charge < -0.3 is 38.0 Å². The smallest absolute Gasteiger partial charge is 0.149 e. The maximum absolute atomic E-state index is 7.71. The molecule has 0 aliphatic carbocycles. The summed E-state index contributed by atoms with van der Waals surface area (Å²) in [5.74, 6) is 2.18. The number of anilines is 3. The molecular formula is C24H27N7O. The molecule has 0 bridgehead atoms. The van der Waals surface area contributed by atoms with Crippen LogP contribution in [0.1, 0.15) is 22.3 Å². The van der Waals surface area contributed by atoms with E-state index in [4.69, 9.17) is 27.3 Å². The van der Waals surface area contributed by atoms with E-state index in [9.17, 15) is 0 Å². The second kappa shape index (κ2) is 9.40. The van der Waals surface area contributed by atoms with Crippen LogP contribution in [0.4, 0.5) is 17.3 Å². The van der Waals surface area contributed by atoms with Gasteiger partial charge in [-0.25, -0.2) is 4.98 Å². The Balaban J connectivity index is 1.41. The molecule has 0 saturated carbocycles. The Morgan fingerprint density at radius 3 is 2.81 bits per heavy atom. The Morgan fingerprint density at radius 2 is 1.97 bits per heavy atom. The Bertz CT molecular complexity index is 1170. The van der Waals surface area contributed by atoms with Gasteiger partial charge in [0.15, 0.2) is 0 Å². The van der Waals surface area contributed by atoms with Gasteiger partial charge in [0.25, 0.3) is 0 Å². The van der Waals surface area contributed by atoms with Crippen molar-refractivity contribution < 1.29 is 4.74 Å². The molecule has 4 rings (SSSR count). The highest BCUT2D eigenvalue weighted by atomic mass is 16.5.